The van der Waals surface area contributed by atoms with E-state index in [1.54, 1.807) is 26.2 Å². The van der Waals surface area contributed by atoms with Gasteiger partial charge >= 0.3 is 5.97 Å². The molecule has 0 aromatic heterocycles. The number of fused-ring (bicyclic) bond motifs is 3. The number of non-ortho nitro benzene ring substituents is 1. The Bertz CT molecular complexity index is 1110. The van der Waals surface area contributed by atoms with Crippen molar-refractivity contribution in [2.24, 2.45) is 11.0 Å². The van der Waals surface area contributed by atoms with E-state index in [0.29, 0.717) is 12.3 Å². The number of nitrogens with zero attached hydrogens (tertiary/aromatic N) is 3. The Kier molecular flexibility index (Phi) is 5.94. The summed E-state index contributed by atoms with van der Waals surface area (Å²) < 4.78 is 10.4. The lowest BCUT2D eigenvalue weighted by molar-refractivity contribution is -0.384. The molecule has 2 aliphatic rings. The minimum atomic E-state index is -0.423. The van der Waals surface area contributed by atoms with Crippen molar-refractivity contribution in [2.75, 3.05) is 13.7 Å². The van der Waals surface area contributed by atoms with Crippen LogP contribution in [-0.4, -0.2) is 35.3 Å². The number of hydrogen-bond donors (Lipinski definition) is 0. The van der Waals surface area contributed by atoms with Crippen LogP contribution in [0.15, 0.2) is 59.3 Å². The molecular formula is C24H25N3O5. The van der Waals surface area contributed by atoms with Gasteiger partial charge in [0.2, 0.25) is 0 Å². The average molecular weight is 435 g/mol. The van der Waals surface area contributed by atoms with Gasteiger partial charge < -0.3 is 9.47 Å². The van der Waals surface area contributed by atoms with Crippen molar-refractivity contribution < 1.29 is 19.2 Å². The lowest BCUT2D eigenvalue weighted by atomic mass is 9.77. The van der Waals surface area contributed by atoms with Gasteiger partial charge in [-0.25, -0.2) is 4.79 Å². The van der Waals surface area contributed by atoms with Crippen molar-refractivity contribution in [2.45, 2.75) is 32.7 Å². The Morgan fingerprint density at radius 2 is 2.03 bits per heavy atom. The van der Waals surface area contributed by atoms with Crippen molar-refractivity contribution in [1.29, 1.82) is 0 Å². The Hall–Kier alpha value is -3.68. The van der Waals surface area contributed by atoms with E-state index in [4.69, 9.17) is 14.6 Å². The van der Waals surface area contributed by atoms with Crippen LogP contribution in [0.2, 0.25) is 0 Å². The molecule has 0 bridgehead atoms. The van der Waals surface area contributed by atoms with Gasteiger partial charge in [-0.05, 0) is 56.0 Å². The third-order valence-electron chi connectivity index (χ3n) is 5.94. The highest BCUT2D eigenvalue weighted by molar-refractivity contribution is 6.06. The maximum Gasteiger partial charge on any atom is 0.332 e. The molecule has 0 N–H and O–H groups in total. The fourth-order valence-corrected chi connectivity index (χ4v) is 4.47. The van der Waals surface area contributed by atoms with E-state index in [9.17, 15) is 14.9 Å². The fraction of sp³-hybridized carbons (Fsp3) is 0.333. The number of nitro groups is 1. The Labute approximate surface area is 186 Å². The predicted octanol–water partition coefficient (Wildman–Crippen LogP) is 4.39. The Balaban J connectivity index is 1.77. The van der Waals surface area contributed by atoms with E-state index in [1.165, 1.54) is 23.8 Å². The first-order chi connectivity index (χ1) is 15.4. The molecule has 0 fully saturated rings. The van der Waals surface area contributed by atoms with Crippen LogP contribution in [0, 0.1) is 16.0 Å². The van der Waals surface area contributed by atoms with Gasteiger partial charge in [0.1, 0.15) is 5.75 Å². The standard InChI is InChI=1S/C24H25N3O5/c1-4-32-22(28)13-15(2)26-24(16-5-8-18(9-6-16)27(29)30)21-11-7-17-14-19(31-3)10-12-20(17)23(21)25-26/h5-6,8-10,12-14,21,24H,4,7,11H2,1-3H3. The summed E-state index contributed by atoms with van der Waals surface area (Å²) in [4.78, 5) is 22.8. The van der Waals surface area contributed by atoms with Gasteiger partial charge in [-0.2, -0.15) is 5.10 Å². The maximum atomic E-state index is 12.1. The van der Waals surface area contributed by atoms with Gasteiger partial charge in [0.05, 0.1) is 30.4 Å². The van der Waals surface area contributed by atoms with Gasteiger partial charge in [0.15, 0.2) is 0 Å². The second-order valence-electron chi connectivity index (χ2n) is 7.83. The van der Waals surface area contributed by atoms with E-state index in [1.807, 2.05) is 30.1 Å². The van der Waals surface area contributed by atoms with Crippen molar-refractivity contribution in [1.82, 2.24) is 5.01 Å². The second-order valence-corrected chi connectivity index (χ2v) is 7.83. The molecular weight excluding hydrogens is 410 g/mol. The molecule has 32 heavy (non-hydrogen) atoms. The highest BCUT2D eigenvalue weighted by Crippen LogP contribution is 2.45. The summed E-state index contributed by atoms with van der Waals surface area (Å²) in [6.07, 6.45) is 3.18. The monoisotopic (exact) mass is 435 g/mol. The van der Waals surface area contributed by atoms with E-state index in [-0.39, 0.29) is 17.6 Å². The summed E-state index contributed by atoms with van der Waals surface area (Å²) in [6, 6.07) is 12.4. The van der Waals surface area contributed by atoms with Crippen LogP contribution < -0.4 is 4.74 Å². The molecule has 0 saturated heterocycles. The quantitative estimate of drug-likeness (QED) is 0.289. The smallest absolute Gasteiger partial charge is 0.332 e. The number of ether oxygens (including phenoxy) is 2. The lowest BCUT2D eigenvalue weighted by Crippen LogP contribution is -2.28. The van der Waals surface area contributed by atoms with E-state index >= 15 is 0 Å². The second kappa shape index (κ2) is 8.82. The van der Waals surface area contributed by atoms with Gasteiger partial charge in [-0.15, -0.1) is 0 Å². The molecule has 2 aromatic rings. The average Bonchev–Trinajstić information content (AvgIpc) is 3.19. The van der Waals surface area contributed by atoms with Crippen LogP contribution in [0.25, 0.3) is 0 Å². The first kappa shape index (κ1) is 21.5. The highest BCUT2D eigenvalue weighted by Gasteiger charge is 2.42. The predicted molar refractivity (Wildman–Crippen MR) is 119 cm³/mol. The number of rotatable bonds is 6. The van der Waals surface area contributed by atoms with Crippen molar-refractivity contribution in [3.63, 3.8) is 0 Å². The van der Waals surface area contributed by atoms with Crippen LogP contribution in [0.4, 0.5) is 5.69 Å². The third-order valence-corrected chi connectivity index (χ3v) is 5.94. The molecule has 8 heteroatoms. The van der Waals surface area contributed by atoms with Crippen LogP contribution in [-0.2, 0) is 16.0 Å². The zero-order valence-corrected chi connectivity index (χ0v) is 18.3. The van der Waals surface area contributed by atoms with E-state index in [2.05, 4.69) is 0 Å². The van der Waals surface area contributed by atoms with Gasteiger partial charge in [-0.1, -0.05) is 12.1 Å². The minimum Gasteiger partial charge on any atom is -0.497 e. The van der Waals surface area contributed by atoms with Crippen molar-refractivity contribution in [3.05, 3.63) is 81.0 Å². The zero-order chi connectivity index (χ0) is 22.8. The SMILES string of the molecule is CCOC(=O)C=C(C)N1N=C2c3ccc(OC)cc3CCC2C1c1ccc([N+](=O)[O-])cc1. The Morgan fingerprint density at radius 3 is 2.69 bits per heavy atom. The molecule has 0 saturated carbocycles. The lowest BCUT2D eigenvalue weighted by Gasteiger charge is -2.31. The topological polar surface area (TPSA) is 94.3 Å². The van der Waals surface area contributed by atoms with E-state index < -0.39 is 10.9 Å². The number of allylic oxidation sites excluding steroid dienone is 1. The van der Waals surface area contributed by atoms with Crippen molar-refractivity contribution >= 4 is 17.4 Å². The highest BCUT2D eigenvalue weighted by atomic mass is 16.6. The first-order valence-corrected chi connectivity index (χ1v) is 10.6. The molecule has 8 nitrogen and oxygen atoms in total. The van der Waals surface area contributed by atoms with Crippen LogP contribution in [0.5, 0.6) is 5.75 Å². The molecule has 2 aromatic carbocycles. The van der Waals surface area contributed by atoms with Crippen LogP contribution in [0.3, 0.4) is 0 Å². The summed E-state index contributed by atoms with van der Waals surface area (Å²) in [5.41, 5.74) is 4.81. The summed E-state index contributed by atoms with van der Waals surface area (Å²) in [5, 5.41) is 17.9. The minimum absolute atomic E-state index is 0.0410. The van der Waals surface area contributed by atoms with Crippen LogP contribution >= 0.6 is 0 Å². The number of esters is 1. The summed E-state index contributed by atoms with van der Waals surface area (Å²) in [6.45, 7) is 3.88. The summed E-state index contributed by atoms with van der Waals surface area (Å²) in [5.74, 6) is 0.471. The zero-order valence-electron chi connectivity index (χ0n) is 18.3. The largest absolute Gasteiger partial charge is 0.497 e. The molecule has 1 heterocycles. The number of hydrazone groups is 1. The molecule has 2 unspecified atom stereocenters. The number of carbonyl (C=O) groups is 1. The number of nitro benzene ring substituents is 1. The summed E-state index contributed by atoms with van der Waals surface area (Å²) >= 11 is 0. The Morgan fingerprint density at radius 1 is 1.28 bits per heavy atom. The number of hydrogen-bond acceptors (Lipinski definition) is 7. The van der Waals surface area contributed by atoms with E-state index in [0.717, 1.165) is 35.4 Å². The normalized spacial score (nSPS) is 19.7. The molecule has 1 aliphatic heterocycles. The third kappa shape index (κ3) is 3.95. The van der Waals surface area contributed by atoms with Crippen LogP contribution in [0.1, 0.15) is 43.0 Å². The fourth-order valence-electron chi connectivity index (χ4n) is 4.47. The molecule has 1 aliphatic carbocycles. The van der Waals surface area contributed by atoms with Gasteiger partial charge in [0.25, 0.3) is 5.69 Å². The molecule has 166 valence electrons. The first-order valence-electron chi connectivity index (χ1n) is 10.6. The van der Waals surface area contributed by atoms with Gasteiger partial charge in [0, 0.05) is 35.4 Å². The molecule has 4 rings (SSSR count). The molecule has 0 spiro atoms. The molecule has 2 atom stereocenters. The maximum absolute atomic E-state index is 12.1. The van der Waals surface area contributed by atoms with Crippen molar-refractivity contribution in [3.8, 4) is 5.75 Å². The number of benzene rings is 2. The number of aryl methyl sites for hydroxylation is 1. The van der Waals surface area contributed by atoms with Gasteiger partial charge in [-0.3, -0.25) is 15.1 Å². The molecule has 0 amide bonds. The number of carbonyl (C=O) groups excluding carboxylic acids is 1. The molecule has 0 radical (unpaired) electrons. The number of methoxy groups -OCH3 is 1. The summed E-state index contributed by atoms with van der Waals surface area (Å²) in [7, 11) is 1.65.